The van der Waals surface area contributed by atoms with Gasteiger partial charge < -0.3 is 10.1 Å². The highest BCUT2D eigenvalue weighted by atomic mass is 35.5. The van der Waals surface area contributed by atoms with Gasteiger partial charge >= 0.3 is 12.1 Å². The second-order valence-corrected chi connectivity index (χ2v) is 8.00. The van der Waals surface area contributed by atoms with E-state index in [1.54, 1.807) is 18.2 Å². The van der Waals surface area contributed by atoms with Crippen LogP contribution in [0.15, 0.2) is 47.3 Å². The van der Waals surface area contributed by atoms with Gasteiger partial charge in [0.15, 0.2) is 12.3 Å². The van der Waals surface area contributed by atoms with Crippen LogP contribution in [0.5, 0.6) is 0 Å². The van der Waals surface area contributed by atoms with Gasteiger partial charge in [0.25, 0.3) is 11.5 Å². The molecule has 0 spiro atoms. The summed E-state index contributed by atoms with van der Waals surface area (Å²) in [5.74, 6) is -1.74. The molecule has 174 valence electrons. The number of nitrogens with one attached hydrogen (secondary N) is 1. The minimum Gasteiger partial charge on any atom is -0.451 e. The number of rotatable bonds is 6. The number of alkyl halides is 3. The van der Waals surface area contributed by atoms with Crippen LogP contribution in [0.3, 0.4) is 0 Å². The SMILES string of the molecule is CC(C)Cn1nc(C(=O)OCC(=O)Nc2ccc(Cl)c(C(F)(F)F)c2)c2ccccc2c1=O. The third-order valence-electron chi connectivity index (χ3n) is 4.49. The topological polar surface area (TPSA) is 90.3 Å². The zero-order valence-corrected chi connectivity index (χ0v) is 18.3. The molecular formula is C22H19ClF3N3O4. The van der Waals surface area contributed by atoms with E-state index in [2.05, 4.69) is 10.4 Å². The maximum absolute atomic E-state index is 13.0. The molecule has 0 aliphatic heterocycles. The summed E-state index contributed by atoms with van der Waals surface area (Å²) in [6, 6.07) is 9.23. The first-order valence-corrected chi connectivity index (χ1v) is 10.2. The second kappa shape index (κ2) is 9.62. The number of anilines is 1. The number of benzene rings is 2. The first-order chi connectivity index (χ1) is 15.5. The Hall–Kier alpha value is -3.40. The highest BCUT2D eigenvalue weighted by molar-refractivity contribution is 6.31. The number of nitrogens with zero attached hydrogens (tertiary/aromatic N) is 2. The number of carbonyl (C=O) groups is 2. The number of amides is 1. The molecule has 1 amide bonds. The Bertz CT molecular complexity index is 1270. The van der Waals surface area contributed by atoms with Crippen molar-refractivity contribution < 1.29 is 27.5 Å². The molecule has 0 radical (unpaired) electrons. The van der Waals surface area contributed by atoms with Crippen LogP contribution in [0, 0.1) is 5.92 Å². The van der Waals surface area contributed by atoms with Crippen LogP contribution in [0.1, 0.15) is 29.9 Å². The summed E-state index contributed by atoms with van der Waals surface area (Å²) in [4.78, 5) is 37.4. The van der Waals surface area contributed by atoms with Gasteiger partial charge in [-0.1, -0.05) is 43.6 Å². The Kier molecular flexibility index (Phi) is 7.06. The van der Waals surface area contributed by atoms with E-state index in [0.717, 1.165) is 10.7 Å². The Morgan fingerprint density at radius 1 is 1.15 bits per heavy atom. The third kappa shape index (κ3) is 5.70. The Balaban J connectivity index is 1.78. The van der Waals surface area contributed by atoms with E-state index in [9.17, 15) is 27.6 Å². The number of ether oxygens (including phenoxy) is 1. The van der Waals surface area contributed by atoms with Gasteiger partial charge in [-0.2, -0.15) is 18.3 Å². The molecule has 7 nitrogen and oxygen atoms in total. The highest BCUT2D eigenvalue weighted by Crippen LogP contribution is 2.36. The zero-order valence-electron chi connectivity index (χ0n) is 17.6. The van der Waals surface area contributed by atoms with Gasteiger partial charge in [-0.15, -0.1) is 0 Å². The lowest BCUT2D eigenvalue weighted by atomic mass is 10.1. The third-order valence-corrected chi connectivity index (χ3v) is 4.82. The highest BCUT2D eigenvalue weighted by Gasteiger charge is 2.33. The van der Waals surface area contributed by atoms with Crippen molar-refractivity contribution in [1.29, 1.82) is 0 Å². The van der Waals surface area contributed by atoms with Crippen molar-refractivity contribution in [2.24, 2.45) is 5.92 Å². The first-order valence-electron chi connectivity index (χ1n) is 9.81. The largest absolute Gasteiger partial charge is 0.451 e. The standard InChI is InChI=1S/C22H19ClF3N3O4/c1-12(2)10-29-20(31)15-6-4-3-5-14(15)19(28-29)21(32)33-11-18(30)27-13-7-8-17(23)16(9-13)22(24,25)26/h3-9,12H,10-11H2,1-2H3,(H,27,30). The van der Waals surface area contributed by atoms with E-state index in [4.69, 9.17) is 16.3 Å². The molecule has 0 aliphatic carbocycles. The summed E-state index contributed by atoms with van der Waals surface area (Å²) in [6.07, 6.45) is -4.70. The molecule has 0 atom stereocenters. The van der Waals surface area contributed by atoms with Crippen LogP contribution >= 0.6 is 11.6 Å². The van der Waals surface area contributed by atoms with Gasteiger partial charge in [0.2, 0.25) is 0 Å². The van der Waals surface area contributed by atoms with E-state index in [1.807, 2.05) is 13.8 Å². The second-order valence-electron chi connectivity index (χ2n) is 7.59. The van der Waals surface area contributed by atoms with Gasteiger partial charge in [-0.25, -0.2) is 9.48 Å². The lowest BCUT2D eigenvalue weighted by Crippen LogP contribution is -2.29. The number of carbonyl (C=O) groups excluding carboxylic acids is 2. The minimum atomic E-state index is -4.70. The molecule has 1 N–H and O–H groups in total. The van der Waals surface area contributed by atoms with Crippen molar-refractivity contribution in [3.05, 3.63) is 69.1 Å². The fourth-order valence-electron chi connectivity index (χ4n) is 3.07. The molecule has 0 unspecified atom stereocenters. The molecule has 3 rings (SSSR count). The molecule has 33 heavy (non-hydrogen) atoms. The van der Waals surface area contributed by atoms with Crippen LogP contribution in [0.2, 0.25) is 5.02 Å². The summed E-state index contributed by atoms with van der Waals surface area (Å²) in [7, 11) is 0. The van der Waals surface area contributed by atoms with Crippen LogP contribution in [0.25, 0.3) is 10.8 Å². The van der Waals surface area contributed by atoms with Crippen molar-refractivity contribution in [3.8, 4) is 0 Å². The molecule has 0 fully saturated rings. The van der Waals surface area contributed by atoms with Gasteiger partial charge in [0.1, 0.15) is 0 Å². The maximum atomic E-state index is 13.0. The van der Waals surface area contributed by atoms with E-state index in [-0.39, 0.29) is 40.2 Å². The number of hydrogen-bond acceptors (Lipinski definition) is 5. The van der Waals surface area contributed by atoms with Crippen LogP contribution in [-0.4, -0.2) is 28.3 Å². The predicted octanol–water partition coefficient (Wildman–Crippen LogP) is 4.52. The molecule has 0 aliphatic rings. The lowest BCUT2D eigenvalue weighted by molar-refractivity contribution is -0.137. The summed E-state index contributed by atoms with van der Waals surface area (Å²) < 4.78 is 45.1. The molecule has 1 heterocycles. The average molecular weight is 482 g/mol. The fourth-order valence-corrected chi connectivity index (χ4v) is 3.30. The first kappa shape index (κ1) is 24.2. The van der Waals surface area contributed by atoms with Crippen LogP contribution in [-0.2, 0) is 22.3 Å². The van der Waals surface area contributed by atoms with E-state index >= 15 is 0 Å². The van der Waals surface area contributed by atoms with Crippen molar-refractivity contribution in [3.63, 3.8) is 0 Å². The molecule has 1 aromatic heterocycles. The van der Waals surface area contributed by atoms with Gasteiger partial charge in [-0.3, -0.25) is 9.59 Å². The van der Waals surface area contributed by atoms with Crippen molar-refractivity contribution in [2.75, 3.05) is 11.9 Å². The smallest absolute Gasteiger partial charge is 0.417 e. The number of hydrogen-bond donors (Lipinski definition) is 1. The van der Waals surface area contributed by atoms with Crippen LogP contribution < -0.4 is 10.9 Å². The Labute approximate surface area is 191 Å². The van der Waals surface area contributed by atoms with E-state index in [0.29, 0.717) is 6.07 Å². The summed E-state index contributed by atoms with van der Waals surface area (Å²) in [5.41, 5.74) is -1.79. The number of esters is 1. The average Bonchev–Trinajstić information content (AvgIpc) is 2.74. The van der Waals surface area contributed by atoms with Gasteiger partial charge in [0.05, 0.1) is 16.0 Å². The zero-order chi connectivity index (χ0) is 24.3. The minimum absolute atomic E-state index is 0.0759. The predicted molar refractivity (Wildman–Crippen MR) is 116 cm³/mol. The quantitative estimate of drug-likeness (QED) is 0.523. The summed E-state index contributed by atoms with van der Waals surface area (Å²) >= 11 is 5.56. The normalized spacial score (nSPS) is 11.6. The van der Waals surface area contributed by atoms with Crippen molar-refractivity contribution in [1.82, 2.24) is 9.78 Å². The molecule has 3 aromatic rings. The number of aromatic nitrogens is 2. The molecule has 0 saturated carbocycles. The van der Waals surface area contributed by atoms with Crippen molar-refractivity contribution >= 4 is 39.9 Å². The lowest BCUT2D eigenvalue weighted by Gasteiger charge is -2.13. The Morgan fingerprint density at radius 3 is 2.45 bits per heavy atom. The molecule has 2 aromatic carbocycles. The summed E-state index contributed by atoms with van der Waals surface area (Å²) in [6.45, 7) is 3.25. The monoisotopic (exact) mass is 481 g/mol. The molecule has 0 saturated heterocycles. The molecular weight excluding hydrogens is 463 g/mol. The number of halogens is 4. The number of fused-ring (bicyclic) bond motifs is 1. The van der Waals surface area contributed by atoms with E-state index in [1.165, 1.54) is 12.1 Å². The van der Waals surface area contributed by atoms with E-state index < -0.39 is 35.2 Å². The summed E-state index contributed by atoms with van der Waals surface area (Å²) in [5, 5.41) is 6.35. The van der Waals surface area contributed by atoms with Crippen LogP contribution in [0.4, 0.5) is 18.9 Å². The maximum Gasteiger partial charge on any atom is 0.417 e. The van der Waals surface area contributed by atoms with Crippen molar-refractivity contribution in [2.45, 2.75) is 26.6 Å². The molecule has 0 bridgehead atoms. The Morgan fingerprint density at radius 2 is 1.82 bits per heavy atom. The fraction of sp³-hybridized carbons (Fsp3) is 0.273. The molecule has 11 heteroatoms. The van der Waals surface area contributed by atoms with Gasteiger partial charge in [-0.05, 0) is 30.2 Å². The van der Waals surface area contributed by atoms with Gasteiger partial charge in [0, 0.05) is 17.6 Å².